The Bertz CT molecular complexity index is 1170. The summed E-state index contributed by atoms with van der Waals surface area (Å²) < 4.78 is 47.6. The van der Waals surface area contributed by atoms with E-state index in [1.165, 1.54) is 13.2 Å². The average molecular weight is 473 g/mol. The van der Waals surface area contributed by atoms with Gasteiger partial charge in [0, 0.05) is 31.8 Å². The molecule has 0 bridgehead atoms. The van der Waals surface area contributed by atoms with Crippen molar-refractivity contribution in [1.82, 2.24) is 15.1 Å². The van der Waals surface area contributed by atoms with Crippen molar-refractivity contribution in [3.8, 4) is 34.3 Å². The number of carbonyl (C=O) groups is 1. The van der Waals surface area contributed by atoms with Gasteiger partial charge in [0.05, 0.1) is 25.9 Å². The molecule has 0 saturated heterocycles. The Balaban J connectivity index is 1.44. The van der Waals surface area contributed by atoms with E-state index in [-0.39, 0.29) is 17.4 Å². The fourth-order valence-electron chi connectivity index (χ4n) is 3.65. The van der Waals surface area contributed by atoms with E-state index in [0.29, 0.717) is 48.9 Å². The number of carbonyl (C=O) groups excluding carboxylic acids is 1. The van der Waals surface area contributed by atoms with Crippen LogP contribution < -0.4 is 24.3 Å². The number of nitrogens with zero attached hydrogens (tertiary/aromatic N) is 2. The van der Waals surface area contributed by atoms with Gasteiger partial charge < -0.3 is 24.3 Å². The van der Waals surface area contributed by atoms with Crippen LogP contribution in [0.15, 0.2) is 42.6 Å². The maximum Gasteiger partial charge on any atom is 0.387 e. The lowest BCUT2D eigenvalue weighted by atomic mass is 10.1. The van der Waals surface area contributed by atoms with E-state index >= 15 is 0 Å². The van der Waals surface area contributed by atoms with Crippen LogP contribution in [0.4, 0.5) is 8.78 Å². The molecule has 0 unspecified atom stereocenters. The van der Waals surface area contributed by atoms with Crippen LogP contribution in [0.3, 0.4) is 0 Å². The van der Waals surface area contributed by atoms with Gasteiger partial charge in [0.15, 0.2) is 23.0 Å². The molecule has 8 nitrogen and oxygen atoms in total. The molecule has 0 spiro atoms. The zero-order valence-corrected chi connectivity index (χ0v) is 18.8. The number of methoxy groups -OCH3 is 1. The molecule has 1 aliphatic heterocycles. The highest BCUT2D eigenvalue weighted by atomic mass is 19.3. The molecule has 1 aromatic heterocycles. The molecule has 2 aromatic carbocycles. The van der Waals surface area contributed by atoms with Crippen LogP contribution >= 0.6 is 0 Å². The Hall–Kier alpha value is -3.82. The van der Waals surface area contributed by atoms with Crippen LogP contribution in [0, 0.1) is 0 Å². The zero-order valence-electron chi connectivity index (χ0n) is 18.8. The predicted molar refractivity (Wildman–Crippen MR) is 120 cm³/mol. The first-order chi connectivity index (χ1) is 16.4. The van der Waals surface area contributed by atoms with Gasteiger partial charge in [-0.15, -0.1) is 0 Å². The number of aromatic nitrogens is 2. The number of fused-ring (bicyclic) bond motifs is 1. The Morgan fingerprint density at radius 3 is 2.71 bits per heavy atom. The lowest BCUT2D eigenvalue weighted by Crippen LogP contribution is -2.25. The summed E-state index contributed by atoms with van der Waals surface area (Å²) in [5.74, 6) is 1.18. The molecule has 3 aromatic rings. The molecule has 34 heavy (non-hydrogen) atoms. The largest absolute Gasteiger partial charge is 0.493 e. The third-order valence-corrected chi connectivity index (χ3v) is 5.24. The van der Waals surface area contributed by atoms with Gasteiger partial charge >= 0.3 is 6.61 Å². The Labute approximate surface area is 195 Å². The number of ether oxygens (including phenoxy) is 4. The molecular formula is C24H25F2N3O5. The van der Waals surface area contributed by atoms with E-state index in [0.717, 1.165) is 17.5 Å². The number of rotatable bonds is 8. The van der Waals surface area contributed by atoms with Crippen LogP contribution in [0.1, 0.15) is 22.3 Å². The first-order valence-corrected chi connectivity index (χ1v) is 10.8. The minimum absolute atomic E-state index is 0.0413. The van der Waals surface area contributed by atoms with Gasteiger partial charge in [-0.2, -0.15) is 13.9 Å². The second-order valence-electron chi connectivity index (χ2n) is 7.65. The fraction of sp³-hybridized carbons (Fsp3) is 0.333. The Morgan fingerprint density at radius 1 is 1.15 bits per heavy atom. The van der Waals surface area contributed by atoms with Crippen molar-refractivity contribution in [1.29, 1.82) is 0 Å². The third-order valence-electron chi connectivity index (χ3n) is 5.24. The van der Waals surface area contributed by atoms with Gasteiger partial charge in [0.25, 0.3) is 5.91 Å². The highest BCUT2D eigenvalue weighted by Crippen LogP contribution is 2.35. The molecule has 10 heteroatoms. The Kier molecular flexibility index (Phi) is 7.15. The molecular weight excluding hydrogens is 448 g/mol. The molecule has 180 valence electrons. The molecule has 0 aliphatic carbocycles. The highest BCUT2D eigenvalue weighted by Gasteiger charge is 2.20. The number of benzene rings is 2. The van der Waals surface area contributed by atoms with Crippen molar-refractivity contribution in [2.75, 3.05) is 26.9 Å². The molecule has 1 N–H and O–H groups in total. The van der Waals surface area contributed by atoms with Crippen molar-refractivity contribution in [2.24, 2.45) is 7.05 Å². The average Bonchev–Trinajstić information content (AvgIpc) is 3.06. The topological polar surface area (TPSA) is 83.8 Å². The predicted octanol–water partition coefficient (Wildman–Crippen LogP) is 3.83. The first kappa shape index (κ1) is 23.3. The van der Waals surface area contributed by atoms with E-state index in [9.17, 15) is 13.6 Å². The van der Waals surface area contributed by atoms with Gasteiger partial charge in [0.2, 0.25) is 0 Å². The van der Waals surface area contributed by atoms with Gasteiger partial charge in [0.1, 0.15) is 5.69 Å². The number of aryl methyl sites for hydroxylation is 1. The van der Waals surface area contributed by atoms with E-state index < -0.39 is 6.61 Å². The third kappa shape index (κ3) is 5.38. The van der Waals surface area contributed by atoms with Crippen molar-refractivity contribution in [2.45, 2.75) is 19.5 Å². The van der Waals surface area contributed by atoms with E-state index in [4.69, 9.17) is 14.2 Å². The van der Waals surface area contributed by atoms with Gasteiger partial charge in [-0.1, -0.05) is 6.07 Å². The monoisotopic (exact) mass is 473 g/mol. The number of halogens is 2. The van der Waals surface area contributed by atoms with Crippen LogP contribution in [-0.4, -0.2) is 49.2 Å². The number of hydrogen-bond donors (Lipinski definition) is 1. The van der Waals surface area contributed by atoms with Gasteiger partial charge in [-0.25, -0.2) is 0 Å². The Morgan fingerprint density at radius 2 is 1.94 bits per heavy atom. The van der Waals surface area contributed by atoms with Crippen LogP contribution in [-0.2, 0) is 13.5 Å². The summed E-state index contributed by atoms with van der Waals surface area (Å²) in [6.07, 6.45) is 2.93. The second-order valence-corrected chi connectivity index (χ2v) is 7.65. The fourth-order valence-corrected chi connectivity index (χ4v) is 3.65. The second kappa shape index (κ2) is 10.4. The normalized spacial score (nSPS) is 12.9. The van der Waals surface area contributed by atoms with Gasteiger partial charge in [-0.3, -0.25) is 9.48 Å². The zero-order chi connectivity index (χ0) is 24.1. The molecule has 0 atom stereocenters. The van der Waals surface area contributed by atoms with Crippen molar-refractivity contribution >= 4 is 5.91 Å². The first-order valence-electron chi connectivity index (χ1n) is 10.8. The summed E-state index contributed by atoms with van der Waals surface area (Å²) in [5.41, 5.74) is 2.50. The molecule has 4 rings (SSSR count). The van der Waals surface area contributed by atoms with Crippen molar-refractivity contribution < 1.29 is 32.5 Å². The summed E-state index contributed by atoms with van der Waals surface area (Å²) in [5, 5.41) is 7.35. The van der Waals surface area contributed by atoms with Crippen LogP contribution in [0.2, 0.25) is 0 Å². The minimum atomic E-state index is -2.94. The lowest BCUT2D eigenvalue weighted by Gasteiger charge is -2.12. The maximum absolute atomic E-state index is 12.9. The standard InChI is InChI=1S/C24H25F2N3O5/c1-29-14-17(22(28-29)16-5-7-18-21(13-16)33-11-3-10-32-18)23(30)27-9-8-15-4-6-19(34-24(25)26)20(12-15)31-2/h4-7,12-14,24H,3,8-11H2,1-2H3,(H,27,30). The molecule has 1 amide bonds. The molecule has 1 aliphatic rings. The van der Waals surface area contributed by atoms with Crippen LogP contribution in [0.5, 0.6) is 23.0 Å². The quantitative estimate of drug-likeness (QED) is 0.536. The van der Waals surface area contributed by atoms with E-state index in [1.54, 1.807) is 30.1 Å². The minimum Gasteiger partial charge on any atom is -0.493 e. The summed E-state index contributed by atoms with van der Waals surface area (Å²) in [6.45, 7) is -1.46. The summed E-state index contributed by atoms with van der Waals surface area (Å²) in [4.78, 5) is 12.9. The smallest absolute Gasteiger partial charge is 0.387 e. The van der Waals surface area contributed by atoms with Crippen molar-refractivity contribution in [3.63, 3.8) is 0 Å². The maximum atomic E-state index is 12.9. The number of hydrogen-bond acceptors (Lipinski definition) is 6. The summed E-state index contributed by atoms with van der Waals surface area (Å²) in [6, 6.07) is 10.2. The molecule has 0 radical (unpaired) electrons. The van der Waals surface area contributed by atoms with E-state index in [2.05, 4.69) is 15.2 Å². The SMILES string of the molecule is COc1cc(CCNC(=O)c2cn(C)nc2-c2ccc3c(c2)OCCCO3)ccc1OC(F)F. The molecule has 2 heterocycles. The number of alkyl halides is 2. The van der Waals surface area contributed by atoms with Crippen molar-refractivity contribution in [3.05, 3.63) is 53.7 Å². The highest BCUT2D eigenvalue weighted by molar-refractivity contribution is 5.99. The summed E-state index contributed by atoms with van der Waals surface area (Å²) in [7, 11) is 3.13. The van der Waals surface area contributed by atoms with Gasteiger partial charge in [-0.05, 0) is 42.3 Å². The lowest BCUT2D eigenvalue weighted by molar-refractivity contribution is -0.0512. The van der Waals surface area contributed by atoms with E-state index in [1.807, 2.05) is 18.2 Å². The van der Waals surface area contributed by atoms with Crippen LogP contribution in [0.25, 0.3) is 11.3 Å². The molecule has 0 saturated carbocycles. The number of amides is 1. The molecule has 0 fully saturated rings. The number of nitrogens with one attached hydrogen (secondary N) is 1. The summed E-state index contributed by atoms with van der Waals surface area (Å²) >= 11 is 0.